The first kappa shape index (κ1) is 14.9. The van der Waals surface area contributed by atoms with Crippen LogP contribution in [0.2, 0.25) is 0 Å². The highest BCUT2D eigenvalue weighted by Crippen LogP contribution is 1.95. The molecule has 0 radical (unpaired) electrons. The van der Waals surface area contributed by atoms with Crippen LogP contribution in [0, 0.1) is 0 Å². The molecule has 0 amide bonds. The van der Waals surface area contributed by atoms with Gasteiger partial charge in [0.25, 0.3) is 0 Å². The molecule has 0 atom stereocenters. The third-order valence-corrected chi connectivity index (χ3v) is 2.56. The maximum Gasteiger partial charge on any atom is 0.0974 e. The normalized spacial score (nSPS) is 10.0. The summed E-state index contributed by atoms with van der Waals surface area (Å²) in [5.74, 6) is 0.889. The first-order valence-corrected chi connectivity index (χ1v) is 6.70. The van der Waals surface area contributed by atoms with Crippen molar-refractivity contribution in [3.05, 3.63) is 23.8 Å². The second-order valence-corrected chi connectivity index (χ2v) is 3.85. The van der Waals surface area contributed by atoms with E-state index in [1.807, 2.05) is 13.8 Å². The molecular weight excluding hydrogens is 275 g/mol. The van der Waals surface area contributed by atoms with Crippen LogP contribution in [-0.4, -0.2) is 30.0 Å². The summed E-state index contributed by atoms with van der Waals surface area (Å²) in [4.78, 5) is 3.22. The molecule has 0 aromatic carbocycles. The lowest BCUT2D eigenvalue weighted by atomic mass is 10.6. The molecule has 2 aromatic rings. The van der Waals surface area contributed by atoms with Gasteiger partial charge in [-0.25, -0.2) is 0 Å². The number of aromatic nitrogens is 6. The van der Waals surface area contributed by atoms with Gasteiger partial charge in [-0.3, -0.25) is 0 Å². The molecule has 100 valence electrons. The van der Waals surface area contributed by atoms with Crippen molar-refractivity contribution in [2.75, 3.05) is 0 Å². The van der Waals surface area contributed by atoms with Crippen LogP contribution in [0.25, 0.3) is 0 Å². The fourth-order valence-electron chi connectivity index (χ4n) is 1.09. The lowest BCUT2D eigenvalue weighted by Crippen LogP contribution is -1.98. The number of halogens is 2. The number of hydrogen-bond donors (Lipinski definition) is 0. The molecule has 2 rings (SSSR count). The van der Waals surface area contributed by atoms with Gasteiger partial charge >= 0.3 is 0 Å². The van der Waals surface area contributed by atoms with Gasteiger partial charge in [0.2, 0.25) is 0 Å². The number of nitrogens with zero attached hydrogens (tertiary/aromatic N) is 6. The van der Waals surface area contributed by atoms with Gasteiger partial charge in [0.1, 0.15) is 0 Å². The van der Waals surface area contributed by atoms with Crippen LogP contribution in [0.4, 0.5) is 0 Å². The van der Waals surface area contributed by atoms with E-state index in [0.29, 0.717) is 11.8 Å². The molecule has 2 aromatic heterocycles. The highest BCUT2D eigenvalue weighted by atomic mass is 35.5. The molecule has 0 saturated carbocycles. The first-order valence-electron chi connectivity index (χ1n) is 5.63. The van der Waals surface area contributed by atoms with Crippen LogP contribution in [-0.2, 0) is 24.8 Å². The van der Waals surface area contributed by atoms with Crippen molar-refractivity contribution in [2.45, 2.75) is 38.7 Å². The Labute approximate surface area is 116 Å². The van der Waals surface area contributed by atoms with E-state index in [1.54, 1.807) is 22.0 Å². The lowest BCUT2D eigenvalue weighted by Gasteiger charge is -1.87. The van der Waals surface area contributed by atoms with Crippen LogP contribution in [0.5, 0.6) is 0 Å². The molecule has 0 bridgehead atoms. The van der Waals surface area contributed by atoms with Gasteiger partial charge < -0.3 is 0 Å². The third kappa shape index (κ3) is 4.62. The largest absolute Gasteiger partial charge is 0.185 e. The second-order valence-electron chi connectivity index (χ2n) is 3.32. The van der Waals surface area contributed by atoms with Gasteiger partial charge in [-0.2, -0.15) is 30.0 Å². The Morgan fingerprint density at radius 3 is 1.44 bits per heavy atom. The minimum atomic E-state index is 0.444. The summed E-state index contributed by atoms with van der Waals surface area (Å²) in [6.45, 7) is 5.57. The number of hydrogen-bond acceptors (Lipinski definition) is 4. The Balaban J connectivity index is 0.000000180. The summed E-state index contributed by atoms with van der Waals surface area (Å²) in [6.07, 6.45) is 3.35. The van der Waals surface area contributed by atoms with Crippen LogP contribution >= 0.6 is 23.2 Å². The molecule has 0 aliphatic heterocycles. The highest BCUT2D eigenvalue weighted by molar-refractivity contribution is 6.17. The van der Waals surface area contributed by atoms with E-state index >= 15 is 0 Å². The fraction of sp³-hybridized carbons (Fsp3) is 0.600. The van der Waals surface area contributed by atoms with Gasteiger partial charge in [-0.15, -0.1) is 23.2 Å². The van der Waals surface area contributed by atoms with Crippen molar-refractivity contribution in [2.24, 2.45) is 0 Å². The molecule has 8 heteroatoms. The zero-order valence-corrected chi connectivity index (χ0v) is 11.9. The van der Waals surface area contributed by atoms with Gasteiger partial charge in [0.15, 0.2) is 0 Å². The highest BCUT2D eigenvalue weighted by Gasteiger charge is 1.94. The Kier molecular flexibility index (Phi) is 6.67. The van der Waals surface area contributed by atoms with Gasteiger partial charge in [-0.05, 0) is 13.8 Å². The van der Waals surface area contributed by atoms with Gasteiger partial charge in [0.05, 0.1) is 48.6 Å². The zero-order valence-electron chi connectivity index (χ0n) is 10.4. The number of alkyl halides is 2. The van der Waals surface area contributed by atoms with E-state index in [9.17, 15) is 0 Å². The molecule has 0 aliphatic rings. The molecule has 0 unspecified atom stereocenters. The molecule has 18 heavy (non-hydrogen) atoms. The predicted molar refractivity (Wildman–Crippen MR) is 70.5 cm³/mol. The average Bonchev–Trinajstić information content (AvgIpc) is 3.07. The molecule has 0 N–H and O–H groups in total. The maximum atomic E-state index is 5.48. The minimum absolute atomic E-state index is 0.444. The van der Waals surface area contributed by atoms with Crippen molar-refractivity contribution in [1.29, 1.82) is 0 Å². The summed E-state index contributed by atoms with van der Waals surface area (Å²) in [5, 5.41) is 15.9. The summed E-state index contributed by atoms with van der Waals surface area (Å²) < 4.78 is 0. The first-order chi connectivity index (χ1) is 8.73. The fourth-order valence-corrected chi connectivity index (χ4v) is 1.34. The second kappa shape index (κ2) is 8.05. The quantitative estimate of drug-likeness (QED) is 0.809. The molecule has 0 saturated heterocycles. The van der Waals surface area contributed by atoms with E-state index in [-0.39, 0.29) is 0 Å². The van der Waals surface area contributed by atoms with Crippen molar-refractivity contribution >= 4 is 23.2 Å². The van der Waals surface area contributed by atoms with E-state index in [2.05, 4.69) is 20.4 Å². The lowest BCUT2D eigenvalue weighted by molar-refractivity contribution is 0.566. The summed E-state index contributed by atoms with van der Waals surface area (Å²) >= 11 is 11.0. The molecule has 2 heterocycles. The SMILES string of the molecule is CCn1ncc(CCl)n1.CCn1ncc(CCl)n1. The molecule has 0 fully saturated rings. The van der Waals surface area contributed by atoms with E-state index in [0.717, 1.165) is 24.5 Å². The number of rotatable bonds is 4. The summed E-state index contributed by atoms with van der Waals surface area (Å²) in [5.41, 5.74) is 1.66. The summed E-state index contributed by atoms with van der Waals surface area (Å²) in [6, 6.07) is 0. The van der Waals surface area contributed by atoms with Crippen LogP contribution in [0.1, 0.15) is 25.2 Å². The van der Waals surface area contributed by atoms with Crippen LogP contribution in [0.3, 0.4) is 0 Å². The standard InChI is InChI=1S/2C5H8ClN3/c2*1-2-9-7-4-5(3-6)8-9/h2*4H,2-3H2,1H3. The topological polar surface area (TPSA) is 61.4 Å². The van der Waals surface area contributed by atoms with Gasteiger partial charge in [0, 0.05) is 0 Å². The minimum Gasteiger partial charge on any atom is -0.185 e. The van der Waals surface area contributed by atoms with E-state index in [4.69, 9.17) is 23.2 Å². The predicted octanol–water partition coefficient (Wildman–Crippen LogP) is 2.07. The van der Waals surface area contributed by atoms with Crippen molar-refractivity contribution in [3.8, 4) is 0 Å². The smallest absolute Gasteiger partial charge is 0.0974 e. The molecule has 0 aliphatic carbocycles. The van der Waals surface area contributed by atoms with Crippen molar-refractivity contribution in [3.63, 3.8) is 0 Å². The van der Waals surface area contributed by atoms with E-state index < -0.39 is 0 Å². The zero-order chi connectivity index (χ0) is 13.4. The Morgan fingerprint density at radius 1 is 0.889 bits per heavy atom. The Hall–Kier alpha value is -1.14. The van der Waals surface area contributed by atoms with Crippen molar-refractivity contribution < 1.29 is 0 Å². The van der Waals surface area contributed by atoms with Crippen LogP contribution < -0.4 is 0 Å². The van der Waals surface area contributed by atoms with Crippen molar-refractivity contribution in [1.82, 2.24) is 30.0 Å². The monoisotopic (exact) mass is 290 g/mol. The third-order valence-electron chi connectivity index (χ3n) is 2.01. The van der Waals surface area contributed by atoms with E-state index in [1.165, 1.54) is 0 Å². The molecule has 6 nitrogen and oxygen atoms in total. The molecular formula is C10H16Cl2N6. The Bertz CT molecular complexity index is 373. The number of aryl methyl sites for hydroxylation is 2. The average molecular weight is 291 g/mol. The molecule has 0 spiro atoms. The summed E-state index contributed by atoms with van der Waals surface area (Å²) in [7, 11) is 0. The maximum absolute atomic E-state index is 5.48. The van der Waals surface area contributed by atoms with Crippen LogP contribution in [0.15, 0.2) is 12.4 Å². The van der Waals surface area contributed by atoms with Gasteiger partial charge in [-0.1, -0.05) is 0 Å². The Morgan fingerprint density at radius 2 is 1.28 bits per heavy atom.